The van der Waals surface area contributed by atoms with Crippen molar-refractivity contribution < 1.29 is 4.74 Å². The Bertz CT molecular complexity index is 273. The highest BCUT2D eigenvalue weighted by atomic mass is 16.5. The maximum Gasteiger partial charge on any atom is 0.190 e. The highest BCUT2D eigenvalue weighted by Gasteiger charge is 2.12. The van der Waals surface area contributed by atoms with Crippen LogP contribution in [0.3, 0.4) is 0 Å². The van der Waals surface area contributed by atoms with E-state index in [1.54, 1.807) is 0 Å². The first-order valence-corrected chi connectivity index (χ1v) is 8.78. The molecule has 0 atom stereocenters. The summed E-state index contributed by atoms with van der Waals surface area (Å²) in [7, 11) is 1.83. The zero-order valence-corrected chi connectivity index (χ0v) is 14.3. The van der Waals surface area contributed by atoms with Gasteiger partial charge < -0.3 is 15.4 Å². The van der Waals surface area contributed by atoms with Crippen LogP contribution in [0.4, 0.5) is 0 Å². The molecule has 1 rings (SSSR count). The summed E-state index contributed by atoms with van der Waals surface area (Å²) in [6.07, 6.45) is 10.8. The van der Waals surface area contributed by atoms with Crippen molar-refractivity contribution >= 4 is 5.96 Å². The molecule has 0 heterocycles. The Labute approximate surface area is 131 Å². The molecule has 0 unspecified atom stereocenters. The summed E-state index contributed by atoms with van der Waals surface area (Å²) in [6.45, 7) is 7.29. The van der Waals surface area contributed by atoms with Crippen molar-refractivity contribution in [2.24, 2.45) is 10.9 Å². The van der Waals surface area contributed by atoms with E-state index < -0.39 is 0 Å². The number of rotatable bonds is 9. The van der Waals surface area contributed by atoms with Crippen molar-refractivity contribution in [1.29, 1.82) is 0 Å². The van der Waals surface area contributed by atoms with Gasteiger partial charge in [-0.1, -0.05) is 33.1 Å². The highest BCUT2D eigenvalue weighted by Crippen LogP contribution is 2.20. The van der Waals surface area contributed by atoms with Gasteiger partial charge in [-0.3, -0.25) is 4.99 Å². The van der Waals surface area contributed by atoms with Crippen LogP contribution in [0.1, 0.15) is 65.2 Å². The van der Waals surface area contributed by atoms with Crippen molar-refractivity contribution in [1.82, 2.24) is 10.6 Å². The zero-order chi connectivity index (χ0) is 15.3. The largest absolute Gasteiger partial charge is 0.378 e. The first-order chi connectivity index (χ1) is 10.2. The van der Waals surface area contributed by atoms with Gasteiger partial charge in [0.15, 0.2) is 5.96 Å². The van der Waals surface area contributed by atoms with Gasteiger partial charge in [0.1, 0.15) is 0 Å². The van der Waals surface area contributed by atoms with Gasteiger partial charge in [-0.25, -0.2) is 0 Å². The van der Waals surface area contributed by atoms with Crippen LogP contribution < -0.4 is 10.6 Å². The average molecular weight is 297 g/mol. The van der Waals surface area contributed by atoms with E-state index in [4.69, 9.17) is 4.74 Å². The summed E-state index contributed by atoms with van der Waals surface area (Å²) in [5, 5.41) is 6.69. The minimum Gasteiger partial charge on any atom is -0.378 e. The standard InChI is InChI=1S/C17H35N3O/c1-15(2)14-20-17(18-3)19-12-8-5-9-13-21-16-10-6-4-7-11-16/h15-16H,4-14H2,1-3H3,(H2,18,19,20). The van der Waals surface area contributed by atoms with Gasteiger partial charge in [-0.2, -0.15) is 0 Å². The number of guanidine groups is 1. The van der Waals surface area contributed by atoms with Gasteiger partial charge in [0, 0.05) is 26.7 Å². The third kappa shape index (κ3) is 9.72. The topological polar surface area (TPSA) is 45.7 Å². The predicted molar refractivity (Wildman–Crippen MR) is 90.9 cm³/mol. The molecular weight excluding hydrogens is 262 g/mol. The molecule has 4 heteroatoms. The smallest absolute Gasteiger partial charge is 0.190 e. The second-order valence-corrected chi connectivity index (χ2v) is 6.47. The Morgan fingerprint density at radius 3 is 2.52 bits per heavy atom. The molecule has 0 bridgehead atoms. The van der Waals surface area contributed by atoms with Crippen LogP contribution in [-0.4, -0.2) is 38.8 Å². The molecule has 0 amide bonds. The van der Waals surface area contributed by atoms with Crippen LogP contribution in [0.5, 0.6) is 0 Å². The number of nitrogens with one attached hydrogen (secondary N) is 2. The molecule has 124 valence electrons. The average Bonchev–Trinajstić information content (AvgIpc) is 2.50. The van der Waals surface area contributed by atoms with E-state index in [-0.39, 0.29) is 0 Å². The number of nitrogens with zero attached hydrogens (tertiary/aromatic N) is 1. The second kappa shape index (κ2) is 11.8. The Morgan fingerprint density at radius 2 is 1.86 bits per heavy atom. The van der Waals surface area contributed by atoms with Crippen molar-refractivity contribution in [2.45, 2.75) is 71.3 Å². The minimum absolute atomic E-state index is 0.552. The van der Waals surface area contributed by atoms with Crippen molar-refractivity contribution in [2.75, 3.05) is 26.7 Å². The van der Waals surface area contributed by atoms with E-state index in [2.05, 4.69) is 29.5 Å². The van der Waals surface area contributed by atoms with Gasteiger partial charge in [0.05, 0.1) is 6.10 Å². The Kier molecular flexibility index (Phi) is 10.3. The summed E-state index contributed by atoms with van der Waals surface area (Å²) in [5.74, 6) is 1.56. The van der Waals surface area contributed by atoms with Crippen molar-refractivity contribution in [3.8, 4) is 0 Å². The molecule has 1 aliphatic rings. The van der Waals surface area contributed by atoms with E-state index in [1.807, 2.05) is 7.05 Å². The highest BCUT2D eigenvalue weighted by molar-refractivity contribution is 5.79. The maximum absolute atomic E-state index is 5.94. The molecule has 0 radical (unpaired) electrons. The van der Waals surface area contributed by atoms with Gasteiger partial charge in [-0.15, -0.1) is 0 Å². The van der Waals surface area contributed by atoms with Crippen molar-refractivity contribution in [3.63, 3.8) is 0 Å². The van der Waals surface area contributed by atoms with Crippen molar-refractivity contribution in [3.05, 3.63) is 0 Å². The third-order valence-corrected chi connectivity index (χ3v) is 3.92. The molecule has 0 aromatic heterocycles. The molecule has 1 saturated carbocycles. The van der Waals surface area contributed by atoms with Crippen LogP contribution in [-0.2, 0) is 4.74 Å². The molecular formula is C17H35N3O. The van der Waals surface area contributed by atoms with Crippen LogP contribution in [0.2, 0.25) is 0 Å². The molecule has 0 saturated heterocycles. The number of hydrogen-bond donors (Lipinski definition) is 2. The van der Waals surface area contributed by atoms with E-state index in [0.717, 1.165) is 25.7 Å². The lowest BCUT2D eigenvalue weighted by Gasteiger charge is -2.21. The fourth-order valence-electron chi connectivity index (χ4n) is 2.61. The third-order valence-electron chi connectivity index (χ3n) is 3.92. The summed E-state index contributed by atoms with van der Waals surface area (Å²) in [4.78, 5) is 4.22. The number of ether oxygens (including phenoxy) is 1. The van der Waals surface area contributed by atoms with Gasteiger partial charge >= 0.3 is 0 Å². The summed E-state index contributed by atoms with van der Waals surface area (Å²) in [5.41, 5.74) is 0. The minimum atomic E-state index is 0.552. The molecule has 0 spiro atoms. The SMILES string of the molecule is CN=C(NCCCCCOC1CCCCC1)NCC(C)C. The number of unbranched alkanes of at least 4 members (excludes halogenated alkanes) is 2. The zero-order valence-electron chi connectivity index (χ0n) is 14.3. The molecule has 4 nitrogen and oxygen atoms in total. The Balaban J connectivity index is 1.91. The number of aliphatic imine (C=N–C) groups is 1. The molecule has 21 heavy (non-hydrogen) atoms. The van der Waals surface area contributed by atoms with E-state index in [0.29, 0.717) is 12.0 Å². The normalized spacial score (nSPS) is 17.2. The van der Waals surface area contributed by atoms with Crippen LogP contribution >= 0.6 is 0 Å². The molecule has 0 aromatic carbocycles. The summed E-state index contributed by atoms with van der Waals surface area (Å²) in [6, 6.07) is 0. The Hall–Kier alpha value is -0.770. The van der Waals surface area contributed by atoms with Crippen LogP contribution in [0, 0.1) is 5.92 Å². The van der Waals surface area contributed by atoms with Crippen LogP contribution in [0.15, 0.2) is 4.99 Å². The van der Waals surface area contributed by atoms with Gasteiger partial charge in [0.25, 0.3) is 0 Å². The molecule has 1 fully saturated rings. The lowest BCUT2D eigenvalue weighted by atomic mass is 9.98. The maximum atomic E-state index is 5.94. The predicted octanol–water partition coefficient (Wildman–Crippen LogP) is 3.33. The molecule has 2 N–H and O–H groups in total. The fourth-order valence-corrected chi connectivity index (χ4v) is 2.61. The van der Waals surface area contributed by atoms with E-state index in [9.17, 15) is 0 Å². The molecule has 1 aliphatic carbocycles. The Morgan fingerprint density at radius 1 is 1.10 bits per heavy atom. The lowest BCUT2D eigenvalue weighted by molar-refractivity contribution is 0.0264. The molecule has 0 aromatic rings. The fraction of sp³-hybridized carbons (Fsp3) is 0.941. The molecule has 0 aliphatic heterocycles. The first kappa shape index (κ1) is 18.3. The van der Waals surface area contributed by atoms with Crippen LogP contribution in [0.25, 0.3) is 0 Å². The van der Waals surface area contributed by atoms with E-state index >= 15 is 0 Å². The first-order valence-electron chi connectivity index (χ1n) is 8.78. The number of hydrogen-bond acceptors (Lipinski definition) is 2. The summed E-state index contributed by atoms with van der Waals surface area (Å²) >= 11 is 0. The van der Waals surface area contributed by atoms with Gasteiger partial charge in [-0.05, 0) is 38.0 Å². The quantitative estimate of drug-likeness (QED) is 0.390. The van der Waals surface area contributed by atoms with E-state index in [1.165, 1.54) is 51.4 Å². The van der Waals surface area contributed by atoms with Gasteiger partial charge in [0.2, 0.25) is 0 Å². The monoisotopic (exact) mass is 297 g/mol. The second-order valence-electron chi connectivity index (χ2n) is 6.47. The lowest BCUT2D eigenvalue weighted by Crippen LogP contribution is -2.39. The summed E-state index contributed by atoms with van der Waals surface area (Å²) < 4.78 is 5.94.